The van der Waals surface area contributed by atoms with E-state index in [4.69, 9.17) is 0 Å². The number of aryl methyl sites for hydroxylation is 1. The van der Waals surface area contributed by atoms with Crippen molar-refractivity contribution in [2.75, 3.05) is 13.1 Å². The summed E-state index contributed by atoms with van der Waals surface area (Å²) in [6.07, 6.45) is 1.68. The summed E-state index contributed by atoms with van der Waals surface area (Å²) in [5.41, 5.74) is 3.77. The average molecular weight is 373 g/mol. The Bertz CT molecular complexity index is 839. The molecule has 2 aromatic rings. The second kappa shape index (κ2) is 6.79. The Morgan fingerprint density at radius 1 is 1.35 bits per heavy atom. The van der Waals surface area contributed by atoms with Gasteiger partial charge in [-0.05, 0) is 37.5 Å². The Morgan fingerprint density at radius 3 is 2.96 bits per heavy atom. The molecule has 0 N–H and O–H groups in total. The maximum atomic E-state index is 13.6. The van der Waals surface area contributed by atoms with Crippen LogP contribution in [0.1, 0.15) is 34.5 Å². The summed E-state index contributed by atoms with van der Waals surface area (Å²) in [5, 5.41) is 1.95. The lowest BCUT2D eigenvalue weighted by Gasteiger charge is -2.35. The minimum Gasteiger partial charge on any atom is -0.336 e. The normalized spacial score (nSPS) is 22.6. The van der Waals surface area contributed by atoms with Crippen LogP contribution in [0.3, 0.4) is 0 Å². The first-order valence-corrected chi connectivity index (χ1v) is 9.70. The number of rotatable bonds is 3. The minimum absolute atomic E-state index is 0.0132. The largest absolute Gasteiger partial charge is 0.336 e. The highest BCUT2D eigenvalue weighted by Gasteiger charge is 2.42. The molecular formula is C19H20FN3O2S. The second-order valence-corrected chi connectivity index (χ2v) is 7.76. The highest BCUT2D eigenvalue weighted by Crippen LogP contribution is 2.31. The molecular weight excluding hydrogens is 353 g/mol. The van der Waals surface area contributed by atoms with Crippen molar-refractivity contribution in [3.8, 4) is 0 Å². The Balaban J connectivity index is 1.58. The Labute approximate surface area is 155 Å². The fourth-order valence-corrected chi connectivity index (χ4v) is 4.45. The topological polar surface area (TPSA) is 53.5 Å². The number of thiazole rings is 1. The molecule has 4 heterocycles. The number of nitrogens with zero attached hydrogens (tertiary/aromatic N) is 3. The van der Waals surface area contributed by atoms with E-state index in [1.807, 2.05) is 10.3 Å². The molecule has 2 amide bonds. The zero-order chi connectivity index (χ0) is 18.3. The van der Waals surface area contributed by atoms with E-state index in [1.165, 1.54) is 23.5 Å². The second-order valence-electron chi connectivity index (χ2n) is 7.04. The fourth-order valence-electron chi connectivity index (χ4n) is 3.90. The lowest BCUT2D eigenvalue weighted by Crippen LogP contribution is -2.47. The van der Waals surface area contributed by atoms with E-state index in [2.05, 4.69) is 4.98 Å². The van der Waals surface area contributed by atoms with Crippen LogP contribution in [-0.2, 0) is 11.3 Å². The van der Waals surface area contributed by atoms with Gasteiger partial charge in [0.2, 0.25) is 5.91 Å². The Morgan fingerprint density at radius 2 is 2.19 bits per heavy atom. The van der Waals surface area contributed by atoms with Gasteiger partial charge < -0.3 is 9.80 Å². The smallest absolute Gasteiger partial charge is 0.254 e. The van der Waals surface area contributed by atoms with Gasteiger partial charge in [0.05, 0.1) is 23.7 Å². The summed E-state index contributed by atoms with van der Waals surface area (Å²) in [4.78, 5) is 33.7. The van der Waals surface area contributed by atoms with Crippen LogP contribution < -0.4 is 0 Å². The molecule has 0 spiro atoms. The molecule has 136 valence electrons. The van der Waals surface area contributed by atoms with Gasteiger partial charge in [-0.15, -0.1) is 11.3 Å². The van der Waals surface area contributed by atoms with Gasteiger partial charge in [0, 0.05) is 30.1 Å². The highest BCUT2D eigenvalue weighted by molar-refractivity contribution is 7.07. The fraction of sp³-hybridized carbons (Fsp3) is 0.421. The Hall–Kier alpha value is -2.28. The van der Waals surface area contributed by atoms with Crippen LogP contribution in [0.25, 0.3) is 0 Å². The van der Waals surface area contributed by atoms with E-state index in [9.17, 15) is 14.0 Å². The van der Waals surface area contributed by atoms with Crippen molar-refractivity contribution in [2.24, 2.45) is 5.92 Å². The number of amides is 2. The van der Waals surface area contributed by atoms with Crippen molar-refractivity contribution in [2.45, 2.75) is 32.4 Å². The van der Waals surface area contributed by atoms with Crippen molar-refractivity contribution >= 4 is 23.2 Å². The van der Waals surface area contributed by atoms with Crippen LogP contribution in [-0.4, -0.2) is 45.7 Å². The molecule has 0 radical (unpaired) electrons. The van der Waals surface area contributed by atoms with Gasteiger partial charge in [0.25, 0.3) is 5.91 Å². The number of halogens is 1. The molecule has 1 aromatic carbocycles. The first-order valence-electron chi connectivity index (χ1n) is 8.76. The van der Waals surface area contributed by atoms with Crippen molar-refractivity contribution < 1.29 is 14.0 Å². The van der Waals surface area contributed by atoms with Gasteiger partial charge in [0.15, 0.2) is 0 Å². The molecule has 3 aliphatic heterocycles. The zero-order valence-electron chi connectivity index (χ0n) is 14.5. The number of carbonyl (C=O) groups is 2. The van der Waals surface area contributed by atoms with Crippen LogP contribution >= 0.6 is 11.3 Å². The molecule has 3 saturated heterocycles. The quantitative estimate of drug-likeness (QED) is 0.831. The van der Waals surface area contributed by atoms with E-state index < -0.39 is 5.82 Å². The predicted octanol–water partition coefficient (Wildman–Crippen LogP) is 2.85. The predicted molar refractivity (Wildman–Crippen MR) is 96.2 cm³/mol. The lowest BCUT2D eigenvalue weighted by molar-refractivity contribution is -0.140. The third kappa shape index (κ3) is 3.11. The SMILES string of the molecule is Cc1ccc(F)cc1C(=O)N1C[C@@H]2CC[C@H](C1)N(Cc1cscn1)C2=O. The maximum Gasteiger partial charge on any atom is 0.254 e. The molecule has 3 aliphatic rings. The highest BCUT2D eigenvalue weighted by atomic mass is 32.1. The van der Waals surface area contributed by atoms with Gasteiger partial charge in [-0.2, -0.15) is 0 Å². The van der Waals surface area contributed by atoms with Crippen molar-refractivity contribution in [3.63, 3.8) is 0 Å². The molecule has 1 aromatic heterocycles. The number of aromatic nitrogens is 1. The number of hydrogen-bond donors (Lipinski definition) is 0. The van der Waals surface area contributed by atoms with E-state index >= 15 is 0 Å². The maximum absolute atomic E-state index is 13.6. The van der Waals surface area contributed by atoms with Crippen molar-refractivity contribution in [1.82, 2.24) is 14.8 Å². The number of hydrogen-bond acceptors (Lipinski definition) is 4. The van der Waals surface area contributed by atoms with Crippen LogP contribution in [0.5, 0.6) is 0 Å². The van der Waals surface area contributed by atoms with Crippen molar-refractivity contribution in [3.05, 3.63) is 51.7 Å². The lowest BCUT2D eigenvalue weighted by atomic mass is 9.94. The molecule has 0 saturated carbocycles. The van der Waals surface area contributed by atoms with Gasteiger partial charge >= 0.3 is 0 Å². The van der Waals surface area contributed by atoms with Gasteiger partial charge in [-0.1, -0.05) is 6.07 Å². The molecule has 0 unspecified atom stereocenters. The number of piperidine rings is 1. The Kier molecular flexibility index (Phi) is 4.48. The molecule has 0 aliphatic carbocycles. The zero-order valence-corrected chi connectivity index (χ0v) is 15.3. The van der Waals surface area contributed by atoms with Crippen LogP contribution in [0.15, 0.2) is 29.1 Å². The molecule has 2 bridgehead atoms. The van der Waals surface area contributed by atoms with Crippen LogP contribution in [0, 0.1) is 18.7 Å². The minimum atomic E-state index is -0.419. The van der Waals surface area contributed by atoms with E-state index in [1.54, 1.807) is 23.4 Å². The number of benzene rings is 1. The summed E-state index contributed by atoms with van der Waals surface area (Å²) in [7, 11) is 0. The van der Waals surface area contributed by atoms with E-state index in [0.29, 0.717) is 25.2 Å². The van der Waals surface area contributed by atoms with Crippen LogP contribution in [0.2, 0.25) is 0 Å². The summed E-state index contributed by atoms with van der Waals surface area (Å²) >= 11 is 1.51. The summed E-state index contributed by atoms with van der Waals surface area (Å²) in [5.74, 6) is -0.703. The third-order valence-electron chi connectivity index (χ3n) is 5.33. The van der Waals surface area contributed by atoms with Gasteiger partial charge in [-0.3, -0.25) is 9.59 Å². The molecule has 3 fully saturated rings. The summed E-state index contributed by atoms with van der Waals surface area (Å²) in [6, 6.07) is 4.26. The molecule has 5 nitrogen and oxygen atoms in total. The third-order valence-corrected chi connectivity index (χ3v) is 5.96. The van der Waals surface area contributed by atoms with Gasteiger partial charge in [0.1, 0.15) is 5.82 Å². The summed E-state index contributed by atoms with van der Waals surface area (Å²) < 4.78 is 13.6. The first kappa shape index (κ1) is 17.1. The average Bonchev–Trinajstić information content (AvgIpc) is 2.99. The molecule has 7 heteroatoms. The summed E-state index contributed by atoms with van der Waals surface area (Å²) in [6.45, 7) is 3.18. The number of fused-ring (bicyclic) bond motifs is 4. The number of carbonyl (C=O) groups excluding carboxylic acids is 2. The van der Waals surface area contributed by atoms with E-state index in [-0.39, 0.29) is 23.8 Å². The van der Waals surface area contributed by atoms with E-state index in [0.717, 1.165) is 24.1 Å². The van der Waals surface area contributed by atoms with Crippen molar-refractivity contribution in [1.29, 1.82) is 0 Å². The molecule has 5 rings (SSSR count). The van der Waals surface area contributed by atoms with Crippen LogP contribution in [0.4, 0.5) is 4.39 Å². The monoisotopic (exact) mass is 373 g/mol. The first-order chi connectivity index (χ1) is 12.5. The molecule has 2 atom stereocenters. The van der Waals surface area contributed by atoms with Gasteiger partial charge in [-0.25, -0.2) is 9.37 Å². The standard InChI is InChI=1S/C19H20FN3O2S/c1-12-2-4-14(20)6-17(12)19(25)22-7-13-3-5-16(9-22)23(18(13)24)8-15-10-26-11-21-15/h2,4,6,10-11,13,16H,3,5,7-9H2,1H3/t13-,16+/m0/s1. The molecule has 26 heavy (non-hydrogen) atoms.